The molecule has 162 valence electrons. The molecule has 4 aromatic rings. The highest BCUT2D eigenvalue weighted by molar-refractivity contribution is 5.95. The van der Waals surface area contributed by atoms with Crippen molar-refractivity contribution in [2.45, 2.75) is 13.8 Å². The first kappa shape index (κ1) is 20.1. The van der Waals surface area contributed by atoms with E-state index in [1.165, 1.54) is 17.7 Å². The third kappa shape index (κ3) is 3.68. The number of hydrogen-bond donors (Lipinski definition) is 0. The van der Waals surface area contributed by atoms with Crippen LogP contribution in [0.25, 0.3) is 17.0 Å². The van der Waals surface area contributed by atoms with Gasteiger partial charge in [0.2, 0.25) is 5.95 Å². The fourth-order valence-electron chi connectivity index (χ4n) is 4.04. The van der Waals surface area contributed by atoms with Crippen LogP contribution >= 0.6 is 0 Å². The van der Waals surface area contributed by atoms with Crippen LogP contribution in [-0.2, 0) is 0 Å². The monoisotopic (exact) mass is 430 g/mol. The zero-order chi connectivity index (χ0) is 22.2. The number of amides is 1. The van der Waals surface area contributed by atoms with Gasteiger partial charge in [-0.25, -0.2) is 9.37 Å². The highest BCUT2D eigenvalue weighted by Gasteiger charge is 2.26. The summed E-state index contributed by atoms with van der Waals surface area (Å²) in [6.07, 6.45) is 1.74. The minimum atomic E-state index is -0.400. The molecule has 0 aliphatic carbocycles. The molecule has 1 aliphatic rings. The van der Waals surface area contributed by atoms with Crippen LogP contribution in [0, 0.1) is 19.7 Å². The van der Waals surface area contributed by atoms with Crippen molar-refractivity contribution in [2.24, 2.45) is 0 Å². The summed E-state index contributed by atoms with van der Waals surface area (Å²) in [4.78, 5) is 25.7. The van der Waals surface area contributed by atoms with E-state index in [2.05, 4.69) is 33.9 Å². The Labute approximate surface area is 185 Å². The van der Waals surface area contributed by atoms with E-state index < -0.39 is 5.82 Å². The zero-order valence-corrected chi connectivity index (χ0v) is 18.0. The molecule has 0 bridgehead atoms. The molecule has 0 unspecified atom stereocenters. The zero-order valence-electron chi connectivity index (χ0n) is 18.0. The van der Waals surface area contributed by atoms with Crippen molar-refractivity contribution >= 4 is 17.6 Å². The largest absolute Gasteiger partial charge is 0.336 e. The van der Waals surface area contributed by atoms with E-state index in [1.807, 2.05) is 25.1 Å². The summed E-state index contributed by atoms with van der Waals surface area (Å²) in [5.41, 5.74) is 4.33. The molecule has 0 N–H and O–H groups in total. The average Bonchev–Trinajstić information content (AvgIpc) is 3.25. The third-order valence-electron chi connectivity index (χ3n) is 5.82. The molecule has 0 saturated carbocycles. The van der Waals surface area contributed by atoms with Crippen molar-refractivity contribution in [3.8, 4) is 11.3 Å². The summed E-state index contributed by atoms with van der Waals surface area (Å²) in [5, 5.41) is 4.71. The van der Waals surface area contributed by atoms with Crippen LogP contribution in [-0.4, -0.2) is 56.6 Å². The molecule has 8 heteroatoms. The van der Waals surface area contributed by atoms with Crippen LogP contribution in [0.5, 0.6) is 0 Å². The van der Waals surface area contributed by atoms with Gasteiger partial charge in [0.1, 0.15) is 5.82 Å². The van der Waals surface area contributed by atoms with Crippen LogP contribution in [0.2, 0.25) is 0 Å². The first-order chi connectivity index (χ1) is 15.5. The van der Waals surface area contributed by atoms with E-state index in [1.54, 1.807) is 21.7 Å². The number of hydrogen-bond acceptors (Lipinski definition) is 5. The minimum absolute atomic E-state index is 0.145. The van der Waals surface area contributed by atoms with Crippen molar-refractivity contribution in [1.29, 1.82) is 0 Å². The summed E-state index contributed by atoms with van der Waals surface area (Å²) in [7, 11) is 0. The summed E-state index contributed by atoms with van der Waals surface area (Å²) < 4.78 is 15.4. The Balaban J connectivity index is 1.36. The van der Waals surface area contributed by atoms with Gasteiger partial charge < -0.3 is 9.80 Å². The number of halogens is 1. The number of piperazine rings is 1. The highest BCUT2D eigenvalue weighted by Crippen LogP contribution is 2.22. The van der Waals surface area contributed by atoms with Crippen molar-refractivity contribution in [1.82, 2.24) is 24.5 Å². The van der Waals surface area contributed by atoms with Crippen LogP contribution < -0.4 is 4.90 Å². The molecular formula is C24H23FN6O. The second kappa shape index (κ2) is 8.03. The molecule has 0 radical (unpaired) electrons. The topological polar surface area (TPSA) is 66.6 Å². The molecule has 1 fully saturated rings. The predicted molar refractivity (Wildman–Crippen MR) is 120 cm³/mol. The standard InChI is InChI=1S/C24H23FN6O/c1-16-4-3-5-18(14-16)21-8-9-26-23-27-24(28-31(21)23)30-12-10-29(11-13-30)22(32)20-15-19(25)7-6-17(20)2/h3-9,14-15H,10-13H2,1-2H3. The number of fused-ring (bicyclic) bond motifs is 1. The molecule has 0 atom stereocenters. The molecule has 3 heterocycles. The molecule has 7 nitrogen and oxygen atoms in total. The van der Waals surface area contributed by atoms with Crippen LogP contribution in [0.15, 0.2) is 54.7 Å². The SMILES string of the molecule is Cc1cccc(-c2ccnc3nc(N4CCN(C(=O)c5cc(F)ccc5C)CC4)nn23)c1. The van der Waals surface area contributed by atoms with Crippen LogP contribution in [0.4, 0.5) is 10.3 Å². The predicted octanol–water partition coefficient (Wildman–Crippen LogP) is 3.51. The molecule has 1 saturated heterocycles. The smallest absolute Gasteiger partial charge is 0.254 e. The van der Waals surface area contributed by atoms with Crippen LogP contribution in [0.1, 0.15) is 21.5 Å². The van der Waals surface area contributed by atoms with Gasteiger partial charge in [-0.3, -0.25) is 4.79 Å². The van der Waals surface area contributed by atoms with Gasteiger partial charge in [-0.05, 0) is 43.7 Å². The molecule has 2 aromatic heterocycles. The molecule has 1 amide bonds. The number of nitrogens with zero attached hydrogens (tertiary/aromatic N) is 6. The quantitative estimate of drug-likeness (QED) is 0.498. The molecule has 0 spiro atoms. The number of aromatic nitrogens is 4. The molecule has 5 rings (SSSR count). The van der Waals surface area contributed by atoms with E-state index in [-0.39, 0.29) is 5.91 Å². The fourth-order valence-corrected chi connectivity index (χ4v) is 4.04. The Kier molecular flexibility index (Phi) is 5.05. The van der Waals surface area contributed by atoms with E-state index in [0.29, 0.717) is 43.5 Å². The van der Waals surface area contributed by atoms with Gasteiger partial charge in [0, 0.05) is 43.5 Å². The lowest BCUT2D eigenvalue weighted by molar-refractivity contribution is 0.0745. The molecule has 1 aliphatic heterocycles. The Morgan fingerprint density at radius 1 is 1.00 bits per heavy atom. The minimum Gasteiger partial charge on any atom is -0.336 e. The summed E-state index contributed by atoms with van der Waals surface area (Å²) >= 11 is 0. The number of rotatable bonds is 3. The summed E-state index contributed by atoms with van der Waals surface area (Å²) in [6.45, 7) is 6.10. The molecule has 2 aromatic carbocycles. The van der Waals surface area contributed by atoms with Gasteiger partial charge in [0.15, 0.2) is 0 Å². The van der Waals surface area contributed by atoms with Gasteiger partial charge in [0.25, 0.3) is 11.7 Å². The maximum atomic E-state index is 13.6. The number of carbonyl (C=O) groups is 1. The van der Waals surface area contributed by atoms with E-state index in [4.69, 9.17) is 5.10 Å². The summed E-state index contributed by atoms with van der Waals surface area (Å²) in [5.74, 6) is 0.580. The van der Waals surface area contributed by atoms with E-state index in [9.17, 15) is 9.18 Å². The number of benzene rings is 2. The Bertz CT molecular complexity index is 1310. The van der Waals surface area contributed by atoms with Gasteiger partial charge in [-0.2, -0.15) is 9.50 Å². The Hall–Kier alpha value is -3.81. The maximum absolute atomic E-state index is 13.6. The first-order valence-corrected chi connectivity index (χ1v) is 10.6. The lowest BCUT2D eigenvalue weighted by atomic mass is 10.1. The highest BCUT2D eigenvalue weighted by atomic mass is 19.1. The normalized spacial score (nSPS) is 14.2. The molecule has 32 heavy (non-hydrogen) atoms. The van der Waals surface area contributed by atoms with Gasteiger partial charge in [-0.1, -0.05) is 29.8 Å². The van der Waals surface area contributed by atoms with Crippen LogP contribution in [0.3, 0.4) is 0 Å². The average molecular weight is 430 g/mol. The van der Waals surface area contributed by atoms with E-state index >= 15 is 0 Å². The third-order valence-corrected chi connectivity index (χ3v) is 5.82. The van der Waals surface area contributed by atoms with Gasteiger partial charge in [-0.15, -0.1) is 5.10 Å². The number of aryl methyl sites for hydroxylation is 2. The van der Waals surface area contributed by atoms with Gasteiger partial charge >= 0.3 is 0 Å². The molecular weight excluding hydrogens is 407 g/mol. The van der Waals surface area contributed by atoms with E-state index in [0.717, 1.165) is 16.8 Å². The van der Waals surface area contributed by atoms with Gasteiger partial charge in [0.05, 0.1) is 5.69 Å². The van der Waals surface area contributed by atoms with Crippen molar-refractivity contribution in [3.05, 3.63) is 77.2 Å². The number of anilines is 1. The lowest BCUT2D eigenvalue weighted by Crippen LogP contribution is -2.49. The second-order valence-electron chi connectivity index (χ2n) is 8.06. The Morgan fingerprint density at radius 3 is 2.59 bits per heavy atom. The Morgan fingerprint density at radius 2 is 1.81 bits per heavy atom. The number of carbonyl (C=O) groups excluding carboxylic acids is 1. The van der Waals surface area contributed by atoms with Crippen molar-refractivity contribution in [2.75, 3.05) is 31.1 Å². The second-order valence-corrected chi connectivity index (χ2v) is 8.06. The summed E-state index contributed by atoms with van der Waals surface area (Å²) in [6, 6.07) is 14.5. The van der Waals surface area contributed by atoms with Crippen molar-refractivity contribution in [3.63, 3.8) is 0 Å². The fraction of sp³-hybridized carbons (Fsp3) is 0.250. The first-order valence-electron chi connectivity index (χ1n) is 10.6. The maximum Gasteiger partial charge on any atom is 0.254 e. The van der Waals surface area contributed by atoms with Crippen molar-refractivity contribution < 1.29 is 9.18 Å². The lowest BCUT2D eigenvalue weighted by Gasteiger charge is -2.34.